The summed E-state index contributed by atoms with van der Waals surface area (Å²) < 4.78 is 0. The monoisotopic (exact) mass is 393 g/mol. The van der Waals surface area contributed by atoms with Crippen LogP contribution in [0, 0.1) is 19.9 Å². The summed E-state index contributed by atoms with van der Waals surface area (Å²) in [6.07, 6.45) is 9.07. The first kappa shape index (κ1) is 17.6. The van der Waals surface area contributed by atoms with E-state index in [1.807, 2.05) is 44.2 Å². The van der Waals surface area contributed by atoms with Crippen LogP contribution in [0.3, 0.4) is 0 Å². The number of rotatable bonds is 2. The zero-order valence-corrected chi connectivity index (χ0v) is 16.1. The molecule has 2 aromatic carbocycles. The van der Waals surface area contributed by atoms with Crippen molar-refractivity contribution in [1.82, 2.24) is 0 Å². The maximum absolute atomic E-state index is 6.35. The molecule has 2 aromatic rings. The number of hydrogen-bond donors (Lipinski definition) is 0. The maximum Gasteiger partial charge on any atom is 0.0456 e. The summed E-state index contributed by atoms with van der Waals surface area (Å²) in [7, 11) is 0. The molecule has 0 saturated carbocycles. The van der Waals surface area contributed by atoms with E-state index in [-0.39, 0.29) is 0 Å². The first-order chi connectivity index (χ1) is 11.4. The number of benzene rings is 2. The van der Waals surface area contributed by atoms with Crippen LogP contribution in [-0.4, -0.2) is 0 Å². The van der Waals surface area contributed by atoms with Crippen LogP contribution in [0.4, 0.5) is 0 Å². The molecule has 0 unspecified atom stereocenters. The predicted octanol–water partition coefficient (Wildman–Crippen LogP) is 7.65. The summed E-state index contributed by atoms with van der Waals surface area (Å²) in [5.41, 5.74) is 5.68. The average Bonchev–Trinajstić information content (AvgIpc) is 3.03. The van der Waals surface area contributed by atoms with Gasteiger partial charge in [-0.3, -0.25) is 0 Å². The topological polar surface area (TPSA) is 0 Å². The predicted molar refractivity (Wildman–Crippen MR) is 105 cm³/mol. The van der Waals surface area contributed by atoms with Crippen LogP contribution in [0.5, 0.6) is 0 Å². The summed E-state index contributed by atoms with van der Waals surface area (Å²) >= 11 is 25.2. The minimum atomic E-state index is 0.579. The van der Waals surface area contributed by atoms with Crippen LogP contribution in [0.1, 0.15) is 22.3 Å². The normalized spacial score (nSPS) is 13.0. The summed E-state index contributed by atoms with van der Waals surface area (Å²) in [5, 5.41) is 2.39. The molecule has 1 radical (unpaired) electrons. The van der Waals surface area contributed by atoms with E-state index in [0.717, 1.165) is 33.4 Å². The minimum Gasteiger partial charge on any atom is -0.0843 e. The summed E-state index contributed by atoms with van der Waals surface area (Å²) in [6, 6.07) is 7.30. The van der Waals surface area contributed by atoms with Crippen molar-refractivity contribution in [3.63, 3.8) is 0 Å². The third-order valence-corrected chi connectivity index (χ3v) is 5.25. The van der Waals surface area contributed by atoms with Crippen molar-refractivity contribution in [3.05, 3.63) is 96.5 Å². The Morgan fingerprint density at radius 1 is 0.792 bits per heavy atom. The van der Waals surface area contributed by atoms with Crippen LogP contribution in [0.25, 0.3) is 5.57 Å². The quantitative estimate of drug-likeness (QED) is 0.490. The van der Waals surface area contributed by atoms with Crippen LogP contribution in [-0.2, 0) is 0 Å². The Balaban J connectivity index is 2.39. The molecular formula is C20H13Cl4. The van der Waals surface area contributed by atoms with Gasteiger partial charge in [-0.05, 0) is 77.6 Å². The van der Waals surface area contributed by atoms with Crippen molar-refractivity contribution < 1.29 is 0 Å². The molecule has 1 aliphatic rings. The Morgan fingerprint density at radius 3 is 1.71 bits per heavy atom. The van der Waals surface area contributed by atoms with Crippen molar-refractivity contribution in [1.29, 1.82) is 0 Å². The second kappa shape index (κ2) is 6.98. The number of halogens is 4. The lowest BCUT2D eigenvalue weighted by Crippen LogP contribution is -1.99. The molecule has 0 bridgehead atoms. The fourth-order valence-electron chi connectivity index (χ4n) is 2.73. The Kier molecular flexibility index (Phi) is 5.13. The van der Waals surface area contributed by atoms with Gasteiger partial charge in [0.2, 0.25) is 0 Å². The lowest BCUT2D eigenvalue weighted by molar-refractivity contribution is 1.36. The number of allylic oxidation sites excluding steroid dienone is 5. The third-order valence-electron chi connectivity index (χ3n) is 4.02. The Hall–Kier alpha value is -1.18. The van der Waals surface area contributed by atoms with Crippen molar-refractivity contribution in [2.45, 2.75) is 13.8 Å². The fourth-order valence-corrected chi connectivity index (χ4v) is 3.72. The highest BCUT2D eigenvalue weighted by Crippen LogP contribution is 2.39. The zero-order chi connectivity index (χ0) is 17.4. The molecule has 121 valence electrons. The fraction of sp³-hybridized carbons (Fsp3) is 0.100. The second-order valence-corrected chi connectivity index (χ2v) is 7.27. The Labute approximate surface area is 162 Å². The Bertz CT molecular complexity index is 844. The zero-order valence-electron chi connectivity index (χ0n) is 13.1. The first-order valence-electron chi connectivity index (χ1n) is 7.31. The molecule has 0 aromatic heterocycles. The molecule has 24 heavy (non-hydrogen) atoms. The minimum absolute atomic E-state index is 0.579. The van der Waals surface area contributed by atoms with Gasteiger partial charge in [-0.15, -0.1) is 0 Å². The summed E-state index contributed by atoms with van der Waals surface area (Å²) in [4.78, 5) is 0. The first-order valence-corrected chi connectivity index (χ1v) is 8.82. The van der Waals surface area contributed by atoms with E-state index < -0.39 is 0 Å². The maximum atomic E-state index is 6.35. The van der Waals surface area contributed by atoms with E-state index in [9.17, 15) is 0 Å². The van der Waals surface area contributed by atoms with Crippen LogP contribution >= 0.6 is 46.4 Å². The highest BCUT2D eigenvalue weighted by atomic mass is 35.5. The molecule has 0 aliphatic heterocycles. The lowest BCUT2D eigenvalue weighted by Gasteiger charge is -2.18. The molecule has 0 heterocycles. The van der Waals surface area contributed by atoms with E-state index in [0.29, 0.717) is 20.1 Å². The summed E-state index contributed by atoms with van der Waals surface area (Å²) in [5.74, 6) is 0. The molecule has 0 atom stereocenters. The van der Waals surface area contributed by atoms with E-state index in [1.54, 1.807) is 12.1 Å². The number of hydrogen-bond acceptors (Lipinski definition) is 0. The van der Waals surface area contributed by atoms with Gasteiger partial charge in [0.25, 0.3) is 0 Å². The van der Waals surface area contributed by atoms with Gasteiger partial charge in [0.05, 0.1) is 0 Å². The van der Waals surface area contributed by atoms with Crippen molar-refractivity contribution in [2.75, 3.05) is 0 Å². The molecule has 0 fully saturated rings. The van der Waals surface area contributed by atoms with Gasteiger partial charge >= 0.3 is 0 Å². The van der Waals surface area contributed by atoms with Gasteiger partial charge in [0, 0.05) is 20.1 Å². The van der Waals surface area contributed by atoms with E-state index in [1.165, 1.54) is 0 Å². The third kappa shape index (κ3) is 3.30. The molecule has 1 aliphatic carbocycles. The highest BCUT2D eigenvalue weighted by molar-refractivity contribution is 6.36. The lowest BCUT2D eigenvalue weighted by atomic mass is 9.88. The standard InChI is InChI=1S/C20H13Cl4/c1-11-16(7-14(21)9-18(11)23)20(13-5-3-4-6-13)17-8-15(22)10-19(24)12(17)2/h3-5,7-10H,1-2H3. The SMILES string of the molecule is Cc1c(Cl)cc(Cl)cc1C(=C1[C]=CC=C1)c1cc(Cl)cc(Cl)c1C. The van der Waals surface area contributed by atoms with Gasteiger partial charge in [-0.25, -0.2) is 0 Å². The Morgan fingerprint density at radius 2 is 1.29 bits per heavy atom. The highest BCUT2D eigenvalue weighted by Gasteiger charge is 2.19. The molecular weight excluding hydrogens is 382 g/mol. The van der Waals surface area contributed by atoms with Crippen LogP contribution < -0.4 is 0 Å². The largest absolute Gasteiger partial charge is 0.0843 e. The van der Waals surface area contributed by atoms with Crippen molar-refractivity contribution >= 4 is 52.0 Å². The van der Waals surface area contributed by atoms with Gasteiger partial charge < -0.3 is 0 Å². The summed E-state index contributed by atoms with van der Waals surface area (Å²) in [6.45, 7) is 3.94. The average molecular weight is 395 g/mol. The van der Waals surface area contributed by atoms with Gasteiger partial charge in [-0.2, -0.15) is 0 Å². The molecule has 3 rings (SSSR count). The van der Waals surface area contributed by atoms with E-state index in [4.69, 9.17) is 46.4 Å². The molecule has 0 saturated heterocycles. The van der Waals surface area contributed by atoms with Crippen molar-refractivity contribution in [2.24, 2.45) is 0 Å². The molecule has 0 amide bonds. The van der Waals surface area contributed by atoms with Gasteiger partial charge in [0.15, 0.2) is 0 Å². The molecule has 0 N–H and O–H groups in total. The van der Waals surface area contributed by atoms with E-state index >= 15 is 0 Å². The van der Waals surface area contributed by atoms with Gasteiger partial charge in [0.1, 0.15) is 0 Å². The second-order valence-electron chi connectivity index (χ2n) is 5.58. The van der Waals surface area contributed by atoms with Crippen LogP contribution in [0.15, 0.2) is 48.1 Å². The van der Waals surface area contributed by atoms with Crippen molar-refractivity contribution in [3.8, 4) is 0 Å². The van der Waals surface area contributed by atoms with Gasteiger partial charge in [-0.1, -0.05) is 64.6 Å². The molecule has 4 heteroatoms. The smallest absolute Gasteiger partial charge is 0.0456 e. The molecule has 0 nitrogen and oxygen atoms in total. The van der Waals surface area contributed by atoms with Crippen LogP contribution in [0.2, 0.25) is 20.1 Å². The molecule has 0 spiro atoms. The van der Waals surface area contributed by atoms with E-state index in [2.05, 4.69) is 6.08 Å².